The summed E-state index contributed by atoms with van der Waals surface area (Å²) in [6.45, 7) is 8.82. The van der Waals surface area contributed by atoms with Crippen LogP contribution < -0.4 is 21.3 Å². The highest BCUT2D eigenvalue weighted by molar-refractivity contribution is 8.00. The molecule has 4 rings (SSSR count). The van der Waals surface area contributed by atoms with Gasteiger partial charge in [-0.2, -0.15) is 11.8 Å². The Morgan fingerprint density at radius 1 is 0.643 bits per heavy atom. The van der Waals surface area contributed by atoms with Crippen molar-refractivity contribution in [3.63, 3.8) is 0 Å². The third kappa shape index (κ3) is 20.3. The van der Waals surface area contributed by atoms with Gasteiger partial charge in [0.1, 0.15) is 0 Å². The third-order valence-corrected chi connectivity index (χ3v) is 11.5. The number of ether oxygens (including phenoxy) is 9. The van der Waals surface area contributed by atoms with Gasteiger partial charge < -0.3 is 63.9 Å². The lowest BCUT2D eigenvalue weighted by Gasteiger charge is -2.16. The summed E-state index contributed by atoms with van der Waals surface area (Å²) < 4.78 is 49.4. The summed E-state index contributed by atoms with van der Waals surface area (Å²) in [5, 5.41) is 12.0. The molecule has 6 atom stereocenters. The smallest absolute Gasteiger partial charge is 0.407 e. The molecule has 2 aliphatic carbocycles. The van der Waals surface area contributed by atoms with Gasteiger partial charge in [0.15, 0.2) is 0 Å². The number of fused-ring (bicyclic) bond motifs is 2. The zero-order valence-electron chi connectivity index (χ0n) is 33.1. The first-order valence-corrected chi connectivity index (χ1v) is 21.6. The minimum atomic E-state index is -0.384. The number of hydrogen-bond donors (Lipinski definition) is 4. The van der Waals surface area contributed by atoms with Crippen LogP contribution in [0.5, 0.6) is 0 Å². The summed E-state index contributed by atoms with van der Waals surface area (Å²) in [7, 11) is 0. The Labute approximate surface area is 336 Å². The van der Waals surface area contributed by atoms with Crippen molar-refractivity contribution in [1.29, 1.82) is 0 Å². The Morgan fingerprint density at radius 3 is 1.64 bits per heavy atom. The molecule has 4 aliphatic rings. The maximum absolute atomic E-state index is 12.0. The number of nitrogens with one attached hydrogen (secondary N) is 4. The summed E-state index contributed by atoms with van der Waals surface area (Å²) in [6.07, 6.45) is 7.11. The number of unbranched alkanes of at least 4 members (excludes halogenated alkanes) is 1. The topological polar surface area (TPSA) is 182 Å². The summed E-state index contributed by atoms with van der Waals surface area (Å²) in [5.74, 6) is 9.23. The molecule has 0 spiro atoms. The molecule has 1 unspecified atom stereocenters. The average Bonchev–Trinajstić information content (AvgIpc) is 3.44. The molecule has 320 valence electrons. The van der Waals surface area contributed by atoms with Gasteiger partial charge >= 0.3 is 12.1 Å². The number of carbonyl (C=O) groups is 3. The van der Waals surface area contributed by atoms with E-state index in [2.05, 4.69) is 33.1 Å². The van der Waals surface area contributed by atoms with E-state index in [1.165, 1.54) is 0 Å². The van der Waals surface area contributed by atoms with E-state index in [0.717, 1.165) is 50.7 Å². The monoisotopic (exact) mass is 814 g/mol. The highest BCUT2D eigenvalue weighted by Gasteiger charge is 2.49. The van der Waals surface area contributed by atoms with Crippen molar-refractivity contribution >= 4 is 29.8 Å². The quantitative estimate of drug-likeness (QED) is 0.0422. The van der Waals surface area contributed by atoms with Crippen molar-refractivity contribution in [2.45, 2.75) is 68.7 Å². The van der Waals surface area contributed by atoms with Crippen LogP contribution in [0.3, 0.4) is 0 Å². The Bertz CT molecular complexity index is 1140. The molecule has 2 heterocycles. The van der Waals surface area contributed by atoms with Crippen molar-refractivity contribution in [2.75, 3.05) is 131 Å². The summed E-state index contributed by atoms with van der Waals surface area (Å²) in [4.78, 5) is 35.5. The normalized spacial score (nSPS) is 23.5. The van der Waals surface area contributed by atoms with Crippen molar-refractivity contribution in [1.82, 2.24) is 21.3 Å². The van der Waals surface area contributed by atoms with E-state index in [4.69, 9.17) is 42.6 Å². The van der Waals surface area contributed by atoms with Crippen LogP contribution in [-0.2, 0) is 47.4 Å². The SMILES string of the molecule is O=C(CCCC[C@H]1SC[C@H]2NC(=O)N[C@H]21)NCCOCCOCCOCCOCCOCCOCCOCCOCCNC(=O)OCC1[C@H]2CCC#CCC[C@@H]12. The van der Waals surface area contributed by atoms with Gasteiger partial charge in [-0.15, -0.1) is 11.8 Å². The molecule has 2 aliphatic heterocycles. The van der Waals surface area contributed by atoms with Gasteiger partial charge in [-0.05, 0) is 43.4 Å². The number of rotatable bonds is 34. The fraction of sp³-hybridized carbons (Fsp3) is 0.872. The van der Waals surface area contributed by atoms with E-state index in [-0.39, 0.29) is 30.1 Å². The van der Waals surface area contributed by atoms with Crippen molar-refractivity contribution in [3.8, 4) is 11.8 Å². The lowest BCUT2D eigenvalue weighted by Crippen LogP contribution is -2.36. The molecule has 1 saturated carbocycles. The van der Waals surface area contributed by atoms with Crippen molar-refractivity contribution in [3.05, 3.63) is 0 Å². The first kappa shape index (κ1) is 46.3. The molecule has 3 fully saturated rings. The van der Waals surface area contributed by atoms with Crippen LogP contribution in [0.15, 0.2) is 0 Å². The maximum Gasteiger partial charge on any atom is 0.407 e. The van der Waals surface area contributed by atoms with Crippen LogP contribution in [0.1, 0.15) is 51.4 Å². The molecule has 16 nitrogen and oxygen atoms in total. The molecule has 2 saturated heterocycles. The lowest BCUT2D eigenvalue weighted by atomic mass is 10.0. The minimum Gasteiger partial charge on any atom is -0.449 e. The second-order valence-electron chi connectivity index (χ2n) is 14.1. The van der Waals surface area contributed by atoms with Crippen molar-refractivity contribution < 1.29 is 57.0 Å². The van der Waals surface area contributed by atoms with Crippen molar-refractivity contribution in [2.24, 2.45) is 17.8 Å². The minimum absolute atomic E-state index is 0.0413. The number of amides is 4. The molecule has 0 aromatic heterocycles. The van der Waals surface area contributed by atoms with Gasteiger partial charge in [-0.1, -0.05) is 6.42 Å². The fourth-order valence-corrected chi connectivity index (χ4v) is 8.54. The molecule has 0 radical (unpaired) electrons. The predicted molar refractivity (Wildman–Crippen MR) is 210 cm³/mol. The second kappa shape index (κ2) is 29.8. The highest BCUT2D eigenvalue weighted by atomic mass is 32.2. The van der Waals surface area contributed by atoms with E-state index >= 15 is 0 Å². The van der Waals surface area contributed by atoms with Crippen LogP contribution in [0.2, 0.25) is 0 Å². The van der Waals surface area contributed by atoms with E-state index < -0.39 is 0 Å². The van der Waals surface area contributed by atoms with E-state index in [0.29, 0.717) is 155 Å². The number of thioether (sulfide) groups is 1. The van der Waals surface area contributed by atoms with Crippen LogP contribution in [0.4, 0.5) is 9.59 Å². The van der Waals surface area contributed by atoms with Gasteiger partial charge in [0.25, 0.3) is 0 Å². The van der Waals surface area contributed by atoms with Crippen LogP contribution >= 0.6 is 11.8 Å². The Hall–Kier alpha value is -2.40. The number of urea groups is 1. The molecule has 0 bridgehead atoms. The Kier molecular flexibility index (Phi) is 24.6. The highest BCUT2D eigenvalue weighted by Crippen LogP contribution is 2.52. The molecule has 0 aromatic rings. The fourth-order valence-electron chi connectivity index (χ4n) is 7.00. The average molecular weight is 815 g/mol. The zero-order chi connectivity index (χ0) is 39.3. The Balaban J connectivity index is 0.755. The van der Waals surface area contributed by atoms with E-state index in [1.54, 1.807) is 0 Å². The molecule has 0 aromatic carbocycles. The first-order valence-electron chi connectivity index (χ1n) is 20.6. The van der Waals surface area contributed by atoms with Gasteiger partial charge in [0.2, 0.25) is 5.91 Å². The van der Waals surface area contributed by atoms with Crippen LogP contribution in [-0.4, -0.2) is 167 Å². The van der Waals surface area contributed by atoms with Crippen LogP contribution in [0.25, 0.3) is 0 Å². The molecule has 4 N–H and O–H groups in total. The van der Waals surface area contributed by atoms with Gasteiger partial charge in [0.05, 0.1) is 124 Å². The zero-order valence-corrected chi connectivity index (χ0v) is 33.9. The number of hydrogen-bond acceptors (Lipinski definition) is 13. The molecular formula is C39H66N4O12S. The van der Waals surface area contributed by atoms with E-state index in [9.17, 15) is 14.4 Å². The van der Waals surface area contributed by atoms with Gasteiger partial charge in [-0.3, -0.25) is 4.79 Å². The van der Waals surface area contributed by atoms with Crippen LogP contribution in [0, 0.1) is 29.6 Å². The Morgan fingerprint density at radius 2 is 1.12 bits per heavy atom. The first-order chi connectivity index (χ1) is 27.6. The van der Waals surface area contributed by atoms with Gasteiger partial charge in [0, 0.05) is 43.4 Å². The second-order valence-corrected chi connectivity index (χ2v) is 15.3. The summed E-state index contributed by atoms with van der Waals surface area (Å²) in [5.41, 5.74) is 0. The molecule has 17 heteroatoms. The lowest BCUT2D eigenvalue weighted by molar-refractivity contribution is -0.121. The largest absolute Gasteiger partial charge is 0.449 e. The summed E-state index contributed by atoms with van der Waals surface area (Å²) in [6, 6.07) is 0.402. The number of alkyl carbamates (subject to hydrolysis) is 1. The molecule has 4 amide bonds. The predicted octanol–water partition coefficient (Wildman–Crippen LogP) is 2.13. The maximum atomic E-state index is 12.0. The van der Waals surface area contributed by atoms with E-state index in [1.807, 2.05) is 11.8 Å². The standard InChI is InChI=1S/C39H66N4O12S/c44-36(10-6-5-9-35-37-34(30-56-35)42-38(45)43-37)40-11-13-47-15-17-49-19-21-51-23-25-53-27-28-54-26-24-52-22-20-50-18-16-48-14-12-41-39(46)55-29-33-31-7-3-1-2-4-8-32(31)33/h31-35,37H,3-30H2,(H,40,44)(H,41,46)(H2,42,43,45)/t31-,32+,33?,34-,35-,37-/m1/s1. The van der Waals surface area contributed by atoms with Gasteiger partial charge in [-0.25, -0.2) is 9.59 Å². The number of carbonyl (C=O) groups excluding carboxylic acids is 3. The molecule has 56 heavy (non-hydrogen) atoms. The third-order valence-electron chi connectivity index (χ3n) is 10.0. The summed E-state index contributed by atoms with van der Waals surface area (Å²) >= 11 is 1.90. The molecular weight excluding hydrogens is 749 g/mol.